The van der Waals surface area contributed by atoms with Crippen LogP contribution in [0, 0.1) is 19.7 Å². The number of nitrogens with zero attached hydrogens (tertiary/aromatic N) is 3. The smallest absolute Gasteiger partial charge is 0.268 e. The summed E-state index contributed by atoms with van der Waals surface area (Å²) >= 11 is 0.547. The minimum Gasteiger partial charge on any atom is -0.268 e. The highest BCUT2D eigenvalue weighted by Gasteiger charge is 2.28. The molecule has 0 saturated heterocycles. The number of benzene rings is 1. The first kappa shape index (κ1) is 18.4. The molecule has 0 N–H and O–H groups in total. The monoisotopic (exact) mass is 383 g/mol. The minimum absolute atomic E-state index is 0.138. The van der Waals surface area contributed by atoms with Gasteiger partial charge < -0.3 is 0 Å². The maximum absolute atomic E-state index is 14.5. The van der Waals surface area contributed by atoms with Gasteiger partial charge in [0.25, 0.3) is 5.56 Å². The Labute approximate surface area is 149 Å². The molecule has 1 aromatic carbocycles. The van der Waals surface area contributed by atoms with Crippen LogP contribution in [0.5, 0.6) is 0 Å². The maximum Gasteiger partial charge on any atom is 0.398 e. The first-order chi connectivity index (χ1) is 12.2. The lowest BCUT2D eigenvalue weighted by Crippen LogP contribution is -2.23. The molecular formula is C17H13F4N3OS. The summed E-state index contributed by atoms with van der Waals surface area (Å²) in [5.41, 5.74) is -0.0804. The highest BCUT2D eigenvalue weighted by molar-refractivity contribution is 7.99. The van der Waals surface area contributed by atoms with E-state index in [1.54, 1.807) is 6.07 Å². The summed E-state index contributed by atoms with van der Waals surface area (Å²) in [6, 6.07) is 5.44. The van der Waals surface area contributed by atoms with Crippen LogP contribution in [-0.4, -0.2) is 26.5 Å². The lowest BCUT2D eigenvalue weighted by molar-refractivity contribution is -0.105. The number of hydrogen-bond acceptors (Lipinski definition) is 4. The van der Waals surface area contributed by atoms with E-state index < -0.39 is 23.3 Å². The van der Waals surface area contributed by atoms with Crippen molar-refractivity contribution < 1.29 is 17.6 Å². The van der Waals surface area contributed by atoms with Gasteiger partial charge in [-0.25, -0.2) is 14.4 Å². The van der Waals surface area contributed by atoms with Crippen molar-refractivity contribution in [2.45, 2.75) is 24.9 Å². The zero-order chi connectivity index (χ0) is 19.1. The van der Waals surface area contributed by atoms with Crippen LogP contribution in [0.4, 0.5) is 17.6 Å². The van der Waals surface area contributed by atoms with E-state index in [9.17, 15) is 22.4 Å². The van der Waals surface area contributed by atoms with Gasteiger partial charge in [-0.15, -0.1) is 11.8 Å². The molecule has 0 aliphatic rings. The molecule has 3 rings (SSSR count). The SMILES string of the molecule is Cc1cc(F)c(-n2c(C)nc3ncccc3c2=O)cc1SCC(F)(F)F. The van der Waals surface area contributed by atoms with Crippen LogP contribution in [0.1, 0.15) is 11.4 Å². The third kappa shape index (κ3) is 3.57. The molecule has 3 aromatic rings. The summed E-state index contributed by atoms with van der Waals surface area (Å²) in [5.74, 6) is -1.63. The molecule has 0 atom stereocenters. The van der Waals surface area contributed by atoms with Crippen LogP contribution in [0.3, 0.4) is 0 Å². The lowest BCUT2D eigenvalue weighted by atomic mass is 10.2. The van der Waals surface area contributed by atoms with Crippen LogP contribution in [0.2, 0.25) is 0 Å². The van der Waals surface area contributed by atoms with Gasteiger partial charge in [-0.1, -0.05) is 0 Å². The second-order valence-electron chi connectivity index (χ2n) is 5.65. The van der Waals surface area contributed by atoms with Crippen molar-refractivity contribution in [1.29, 1.82) is 0 Å². The van der Waals surface area contributed by atoms with Crippen molar-refractivity contribution >= 4 is 22.8 Å². The fraction of sp³-hybridized carbons (Fsp3) is 0.235. The number of halogens is 4. The Hall–Kier alpha value is -2.42. The highest BCUT2D eigenvalue weighted by Crippen LogP contribution is 2.32. The van der Waals surface area contributed by atoms with Gasteiger partial charge in [0.2, 0.25) is 0 Å². The number of aromatic nitrogens is 3. The van der Waals surface area contributed by atoms with Gasteiger partial charge in [0, 0.05) is 11.1 Å². The van der Waals surface area contributed by atoms with E-state index in [1.807, 2.05) is 0 Å². The quantitative estimate of drug-likeness (QED) is 0.503. The van der Waals surface area contributed by atoms with Crippen molar-refractivity contribution in [2.75, 3.05) is 5.75 Å². The average molecular weight is 383 g/mol. The Bertz CT molecular complexity index is 1050. The third-order valence-electron chi connectivity index (χ3n) is 3.69. The van der Waals surface area contributed by atoms with Crippen LogP contribution < -0.4 is 5.56 Å². The second-order valence-corrected chi connectivity index (χ2v) is 6.66. The van der Waals surface area contributed by atoms with Crippen LogP contribution >= 0.6 is 11.8 Å². The number of fused-ring (bicyclic) bond motifs is 1. The van der Waals surface area contributed by atoms with Gasteiger partial charge >= 0.3 is 6.18 Å². The number of pyridine rings is 1. The molecular weight excluding hydrogens is 370 g/mol. The molecule has 2 aromatic heterocycles. The van der Waals surface area contributed by atoms with E-state index in [0.29, 0.717) is 17.3 Å². The molecule has 0 spiro atoms. The summed E-state index contributed by atoms with van der Waals surface area (Å²) in [7, 11) is 0. The number of hydrogen-bond donors (Lipinski definition) is 0. The molecule has 0 unspecified atom stereocenters. The van der Waals surface area contributed by atoms with Gasteiger partial charge in [0.1, 0.15) is 11.6 Å². The lowest BCUT2D eigenvalue weighted by Gasteiger charge is -2.15. The van der Waals surface area contributed by atoms with Crippen molar-refractivity contribution in [3.63, 3.8) is 0 Å². The summed E-state index contributed by atoms with van der Waals surface area (Å²) in [5, 5.41) is 0.197. The molecule has 0 saturated carbocycles. The van der Waals surface area contributed by atoms with Gasteiger partial charge in [-0.3, -0.25) is 9.36 Å². The molecule has 9 heteroatoms. The summed E-state index contributed by atoms with van der Waals surface area (Å²) in [6.07, 6.45) is -2.87. The Morgan fingerprint density at radius 2 is 1.96 bits per heavy atom. The van der Waals surface area contributed by atoms with E-state index >= 15 is 0 Å². The van der Waals surface area contributed by atoms with E-state index in [0.717, 1.165) is 10.6 Å². The van der Waals surface area contributed by atoms with Crippen molar-refractivity contribution in [2.24, 2.45) is 0 Å². The van der Waals surface area contributed by atoms with E-state index in [2.05, 4.69) is 9.97 Å². The zero-order valence-electron chi connectivity index (χ0n) is 13.8. The van der Waals surface area contributed by atoms with Crippen LogP contribution in [0.25, 0.3) is 16.7 Å². The predicted octanol–water partition coefficient (Wildman–Crippen LogP) is 4.19. The first-order valence-corrected chi connectivity index (χ1v) is 8.50. The van der Waals surface area contributed by atoms with Gasteiger partial charge in [0.05, 0.1) is 16.8 Å². The minimum atomic E-state index is -4.35. The fourth-order valence-corrected chi connectivity index (χ4v) is 3.34. The first-order valence-electron chi connectivity index (χ1n) is 7.52. The Kier molecular flexibility index (Phi) is 4.74. The van der Waals surface area contributed by atoms with E-state index in [-0.39, 0.29) is 27.4 Å². The van der Waals surface area contributed by atoms with Gasteiger partial charge in [-0.05, 0) is 43.7 Å². The third-order valence-corrected chi connectivity index (χ3v) is 4.91. The van der Waals surface area contributed by atoms with Crippen LogP contribution in [0.15, 0.2) is 40.2 Å². The molecule has 0 aliphatic heterocycles. The van der Waals surface area contributed by atoms with Gasteiger partial charge in [-0.2, -0.15) is 13.2 Å². The topological polar surface area (TPSA) is 47.8 Å². The summed E-state index contributed by atoms with van der Waals surface area (Å²) in [6.45, 7) is 3.03. The van der Waals surface area contributed by atoms with Crippen molar-refractivity contribution in [1.82, 2.24) is 14.5 Å². The number of thioether (sulfide) groups is 1. The fourth-order valence-electron chi connectivity index (χ4n) is 2.54. The summed E-state index contributed by atoms with van der Waals surface area (Å²) < 4.78 is 53.1. The Balaban J connectivity index is 2.18. The molecule has 26 heavy (non-hydrogen) atoms. The van der Waals surface area contributed by atoms with E-state index in [1.165, 1.54) is 32.2 Å². The van der Waals surface area contributed by atoms with Gasteiger partial charge in [0.15, 0.2) is 5.65 Å². The highest BCUT2D eigenvalue weighted by atomic mass is 32.2. The van der Waals surface area contributed by atoms with Crippen LogP contribution in [-0.2, 0) is 0 Å². The molecule has 0 amide bonds. The molecule has 136 valence electrons. The molecule has 0 radical (unpaired) electrons. The Morgan fingerprint density at radius 1 is 1.23 bits per heavy atom. The standard InChI is InChI=1S/C17H13F4N3OS/c1-9-6-12(18)13(7-14(9)26-8-17(19,20)21)24-10(2)23-15-11(16(24)25)4-3-5-22-15/h3-7H,8H2,1-2H3. The second kappa shape index (κ2) is 6.71. The normalized spacial score (nSPS) is 11.9. The average Bonchev–Trinajstić information content (AvgIpc) is 2.55. The van der Waals surface area contributed by atoms with Crippen molar-refractivity contribution in [3.8, 4) is 5.69 Å². The van der Waals surface area contributed by atoms with Crippen molar-refractivity contribution in [3.05, 3.63) is 58.0 Å². The molecule has 0 bridgehead atoms. The Morgan fingerprint density at radius 3 is 2.65 bits per heavy atom. The van der Waals surface area contributed by atoms with E-state index in [4.69, 9.17) is 0 Å². The largest absolute Gasteiger partial charge is 0.398 e. The number of aryl methyl sites for hydroxylation is 2. The maximum atomic E-state index is 14.5. The molecule has 4 nitrogen and oxygen atoms in total. The molecule has 2 heterocycles. The number of rotatable bonds is 3. The molecule has 0 aliphatic carbocycles. The summed E-state index contributed by atoms with van der Waals surface area (Å²) in [4.78, 5) is 21.2. The zero-order valence-corrected chi connectivity index (χ0v) is 14.6. The molecule has 0 fully saturated rings. The predicted molar refractivity (Wildman–Crippen MR) is 91.3 cm³/mol. The number of alkyl halides is 3.